The normalized spacial score (nSPS) is 10.3. The average Bonchev–Trinajstić information content (AvgIpc) is 2.66. The summed E-state index contributed by atoms with van der Waals surface area (Å²) in [5.41, 5.74) is 1.70. The van der Waals surface area contributed by atoms with Crippen molar-refractivity contribution in [2.75, 3.05) is 19.0 Å². The van der Waals surface area contributed by atoms with Gasteiger partial charge in [-0.05, 0) is 24.3 Å². The van der Waals surface area contributed by atoms with Gasteiger partial charge in [-0.1, -0.05) is 24.3 Å². The molecule has 3 aromatic rings. The quantitative estimate of drug-likeness (QED) is 0.751. The highest BCUT2D eigenvalue weighted by Gasteiger charge is 2.11. The van der Waals surface area contributed by atoms with Crippen LogP contribution in [0.4, 0.5) is 5.69 Å². The SMILES string of the molecule is COc1cc(NC(=O)CNC(=O)c2ccccc2)c2ncccc2c1. The predicted molar refractivity (Wildman–Crippen MR) is 95.7 cm³/mol. The van der Waals surface area contributed by atoms with Crippen LogP contribution in [0.3, 0.4) is 0 Å². The van der Waals surface area contributed by atoms with Crippen molar-refractivity contribution in [3.63, 3.8) is 0 Å². The van der Waals surface area contributed by atoms with Crippen molar-refractivity contribution in [2.45, 2.75) is 0 Å². The maximum absolute atomic E-state index is 12.2. The lowest BCUT2D eigenvalue weighted by Crippen LogP contribution is -2.32. The number of methoxy groups -OCH3 is 1. The Morgan fingerprint density at radius 3 is 2.64 bits per heavy atom. The van der Waals surface area contributed by atoms with E-state index >= 15 is 0 Å². The second-order valence-corrected chi connectivity index (χ2v) is 5.35. The summed E-state index contributed by atoms with van der Waals surface area (Å²) in [4.78, 5) is 28.5. The summed E-state index contributed by atoms with van der Waals surface area (Å²) in [5, 5.41) is 6.22. The number of nitrogens with one attached hydrogen (secondary N) is 2. The van der Waals surface area contributed by atoms with Crippen LogP contribution in [-0.2, 0) is 4.79 Å². The number of amides is 2. The zero-order valence-electron chi connectivity index (χ0n) is 13.7. The summed E-state index contributed by atoms with van der Waals surface area (Å²) in [6.07, 6.45) is 1.65. The Hall–Kier alpha value is -3.41. The van der Waals surface area contributed by atoms with Gasteiger partial charge in [-0.15, -0.1) is 0 Å². The third kappa shape index (κ3) is 3.92. The minimum atomic E-state index is -0.343. The molecule has 0 fully saturated rings. The smallest absolute Gasteiger partial charge is 0.251 e. The van der Waals surface area contributed by atoms with Crippen LogP contribution in [0.5, 0.6) is 5.75 Å². The standard InChI is InChI=1S/C19H17N3O3/c1-25-15-10-14-8-5-9-20-18(14)16(11-15)22-17(23)12-21-19(24)13-6-3-2-4-7-13/h2-11H,12H2,1H3,(H,21,24)(H,22,23). The Balaban J connectivity index is 1.71. The number of anilines is 1. The number of hydrogen-bond acceptors (Lipinski definition) is 4. The van der Waals surface area contributed by atoms with E-state index in [9.17, 15) is 9.59 Å². The number of ether oxygens (including phenoxy) is 1. The zero-order valence-corrected chi connectivity index (χ0v) is 13.7. The van der Waals surface area contributed by atoms with Crippen molar-refractivity contribution in [3.05, 3.63) is 66.4 Å². The van der Waals surface area contributed by atoms with Gasteiger partial charge in [-0.25, -0.2) is 0 Å². The first-order valence-corrected chi connectivity index (χ1v) is 7.73. The Morgan fingerprint density at radius 2 is 1.88 bits per heavy atom. The van der Waals surface area contributed by atoms with Gasteiger partial charge in [0.25, 0.3) is 5.91 Å². The van der Waals surface area contributed by atoms with E-state index in [4.69, 9.17) is 4.74 Å². The predicted octanol–water partition coefficient (Wildman–Crippen LogP) is 2.61. The molecule has 1 aromatic heterocycles. The molecule has 0 bridgehead atoms. The monoisotopic (exact) mass is 335 g/mol. The Bertz CT molecular complexity index is 910. The molecule has 0 saturated heterocycles. The highest BCUT2D eigenvalue weighted by atomic mass is 16.5. The number of hydrogen-bond donors (Lipinski definition) is 2. The van der Waals surface area contributed by atoms with E-state index in [1.54, 1.807) is 43.6 Å². The van der Waals surface area contributed by atoms with E-state index in [2.05, 4.69) is 15.6 Å². The molecule has 0 aliphatic carbocycles. The summed E-state index contributed by atoms with van der Waals surface area (Å²) in [7, 11) is 1.56. The molecule has 0 aliphatic heterocycles. The highest BCUT2D eigenvalue weighted by molar-refractivity contribution is 6.03. The molecule has 0 spiro atoms. The summed E-state index contributed by atoms with van der Waals surface area (Å²) in [6, 6.07) is 16.0. The fourth-order valence-corrected chi connectivity index (χ4v) is 2.42. The molecular formula is C19H17N3O3. The lowest BCUT2D eigenvalue weighted by Gasteiger charge is -2.11. The van der Waals surface area contributed by atoms with Gasteiger partial charge in [0.05, 0.1) is 24.9 Å². The lowest BCUT2D eigenvalue weighted by molar-refractivity contribution is -0.115. The van der Waals surface area contributed by atoms with E-state index < -0.39 is 0 Å². The zero-order chi connectivity index (χ0) is 17.6. The fraction of sp³-hybridized carbons (Fsp3) is 0.105. The largest absolute Gasteiger partial charge is 0.497 e. The van der Waals surface area contributed by atoms with Crippen LogP contribution >= 0.6 is 0 Å². The van der Waals surface area contributed by atoms with Gasteiger partial charge in [0, 0.05) is 23.2 Å². The second kappa shape index (κ2) is 7.44. The molecule has 6 heteroatoms. The van der Waals surface area contributed by atoms with E-state index in [1.807, 2.05) is 24.3 Å². The van der Waals surface area contributed by atoms with Gasteiger partial charge in [0.15, 0.2) is 0 Å². The Morgan fingerprint density at radius 1 is 1.08 bits per heavy atom. The van der Waals surface area contributed by atoms with E-state index in [0.29, 0.717) is 22.5 Å². The molecule has 0 radical (unpaired) electrons. The van der Waals surface area contributed by atoms with Crippen LogP contribution in [0.2, 0.25) is 0 Å². The number of fused-ring (bicyclic) bond motifs is 1. The summed E-state index contributed by atoms with van der Waals surface area (Å²) < 4.78 is 5.25. The minimum absolute atomic E-state index is 0.140. The van der Waals surface area contributed by atoms with Crippen LogP contribution in [0, 0.1) is 0 Å². The van der Waals surface area contributed by atoms with Crippen LogP contribution in [-0.4, -0.2) is 30.5 Å². The van der Waals surface area contributed by atoms with Crippen molar-refractivity contribution in [3.8, 4) is 5.75 Å². The van der Waals surface area contributed by atoms with E-state index in [1.165, 1.54) is 0 Å². The van der Waals surface area contributed by atoms with Gasteiger partial charge in [-0.2, -0.15) is 0 Å². The van der Waals surface area contributed by atoms with Gasteiger partial charge in [0.2, 0.25) is 5.91 Å². The van der Waals surface area contributed by atoms with Crippen LogP contribution in [0.1, 0.15) is 10.4 Å². The van der Waals surface area contributed by atoms with Gasteiger partial charge >= 0.3 is 0 Å². The summed E-state index contributed by atoms with van der Waals surface area (Å²) in [6.45, 7) is -0.140. The van der Waals surface area contributed by atoms with Crippen molar-refractivity contribution in [2.24, 2.45) is 0 Å². The van der Waals surface area contributed by atoms with Crippen molar-refractivity contribution >= 4 is 28.4 Å². The molecule has 25 heavy (non-hydrogen) atoms. The molecule has 0 atom stereocenters. The summed E-state index contributed by atoms with van der Waals surface area (Å²) >= 11 is 0. The number of nitrogens with zero attached hydrogens (tertiary/aromatic N) is 1. The number of rotatable bonds is 5. The molecule has 2 aromatic carbocycles. The first-order valence-electron chi connectivity index (χ1n) is 7.73. The summed E-state index contributed by atoms with van der Waals surface area (Å²) in [5.74, 6) is -0.0296. The maximum Gasteiger partial charge on any atom is 0.251 e. The third-order valence-electron chi connectivity index (χ3n) is 3.63. The molecular weight excluding hydrogens is 318 g/mol. The van der Waals surface area contributed by atoms with Crippen molar-refractivity contribution in [1.29, 1.82) is 0 Å². The Kier molecular flexibility index (Phi) is 4.89. The average molecular weight is 335 g/mol. The molecule has 2 N–H and O–H groups in total. The Labute approximate surface area is 144 Å². The molecule has 126 valence electrons. The third-order valence-corrected chi connectivity index (χ3v) is 3.63. The second-order valence-electron chi connectivity index (χ2n) is 5.35. The van der Waals surface area contributed by atoms with Gasteiger partial charge in [0.1, 0.15) is 5.75 Å². The number of benzene rings is 2. The minimum Gasteiger partial charge on any atom is -0.497 e. The number of pyridine rings is 1. The number of carbonyl (C=O) groups is 2. The first kappa shape index (κ1) is 16.4. The van der Waals surface area contributed by atoms with Crippen LogP contribution < -0.4 is 15.4 Å². The molecule has 6 nitrogen and oxygen atoms in total. The van der Waals surface area contributed by atoms with Crippen molar-refractivity contribution in [1.82, 2.24) is 10.3 Å². The molecule has 1 heterocycles. The topological polar surface area (TPSA) is 80.3 Å². The van der Waals surface area contributed by atoms with Crippen molar-refractivity contribution < 1.29 is 14.3 Å². The van der Waals surface area contributed by atoms with Gasteiger partial charge in [-0.3, -0.25) is 14.6 Å². The number of carbonyl (C=O) groups excluding carboxylic acids is 2. The van der Waals surface area contributed by atoms with Crippen LogP contribution in [0.25, 0.3) is 10.9 Å². The molecule has 2 amide bonds. The highest BCUT2D eigenvalue weighted by Crippen LogP contribution is 2.27. The van der Waals surface area contributed by atoms with E-state index in [-0.39, 0.29) is 18.4 Å². The van der Waals surface area contributed by atoms with Gasteiger partial charge < -0.3 is 15.4 Å². The molecule has 3 rings (SSSR count). The molecule has 0 unspecified atom stereocenters. The molecule has 0 saturated carbocycles. The fourth-order valence-electron chi connectivity index (χ4n) is 2.42. The maximum atomic E-state index is 12.2. The van der Waals surface area contributed by atoms with Crippen LogP contribution in [0.15, 0.2) is 60.8 Å². The first-order chi connectivity index (χ1) is 12.2. The number of aromatic nitrogens is 1. The molecule has 0 aliphatic rings. The van der Waals surface area contributed by atoms with E-state index in [0.717, 1.165) is 5.39 Å². The lowest BCUT2D eigenvalue weighted by atomic mass is 10.1.